The molecule has 0 radical (unpaired) electrons. The minimum absolute atomic E-state index is 0.604. The summed E-state index contributed by atoms with van der Waals surface area (Å²) < 4.78 is 0. The number of aryl methyl sites for hydroxylation is 1. The van der Waals surface area contributed by atoms with E-state index < -0.39 is 0 Å². The van der Waals surface area contributed by atoms with Gasteiger partial charge in [0.05, 0.1) is 0 Å². The molecule has 3 rings (SSSR count). The van der Waals surface area contributed by atoms with Gasteiger partial charge in [0.25, 0.3) is 0 Å². The summed E-state index contributed by atoms with van der Waals surface area (Å²) in [5.74, 6) is 2.76. The van der Waals surface area contributed by atoms with Gasteiger partial charge in [0.2, 0.25) is 0 Å². The van der Waals surface area contributed by atoms with E-state index in [0.717, 1.165) is 17.8 Å². The normalized spacial score (nSPS) is 22.8. The molecule has 2 aliphatic rings. The third-order valence-corrected chi connectivity index (χ3v) is 4.62. The second-order valence-corrected chi connectivity index (χ2v) is 6.45. The van der Waals surface area contributed by atoms with Crippen molar-refractivity contribution in [1.29, 1.82) is 0 Å². The lowest BCUT2D eigenvalue weighted by Crippen LogP contribution is -2.28. The van der Waals surface area contributed by atoms with Crippen molar-refractivity contribution in [3.8, 4) is 0 Å². The Labute approximate surface area is 111 Å². The standard InChI is InChI=1S/C17H25N/c1-12-3-5-15(6-4-12)17(16-9-10-16)18-11-13(2)14-7-8-14/h3-6,13-14,16-18H,7-11H2,1-2H3. The third-order valence-electron chi connectivity index (χ3n) is 4.62. The minimum Gasteiger partial charge on any atom is -0.309 e. The van der Waals surface area contributed by atoms with Crippen molar-refractivity contribution in [2.45, 2.75) is 45.6 Å². The van der Waals surface area contributed by atoms with Crippen molar-refractivity contribution in [2.24, 2.45) is 17.8 Å². The van der Waals surface area contributed by atoms with Crippen LogP contribution in [-0.4, -0.2) is 6.54 Å². The Balaban J connectivity index is 1.62. The zero-order valence-electron chi connectivity index (χ0n) is 11.7. The van der Waals surface area contributed by atoms with Gasteiger partial charge in [-0.15, -0.1) is 0 Å². The molecule has 18 heavy (non-hydrogen) atoms. The Morgan fingerprint density at radius 2 is 1.67 bits per heavy atom. The van der Waals surface area contributed by atoms with Crippen LogP contribution in [0.5, 0.6) is 0 Å². The van der Waals surface area contributed by atoms with Crippen molar-refractivity contribution >= 4 is 0 Å². The maximum Gasteiger partial charge on any atom is 0.0348 e. The Hall–Kier alpha value is -0.820. The lowest BCUT2D eigenvalue weighted by Gasteiger charge is -2.21. The first-order valence-corrected chi connectivity index (χ1v) is 7.54. The highest BCUT2D eigenvalue weighted by atomic mass is 14.9. The molecule has 0 aliphatic heterocycles. The molecule has 1 aromatic rings. The Morgan fingerprint density at radius 3 is 2.22 bits per heavy atom. The predicted octanol–water partition coefficient (Wildman–Crippen LogP) is 4.08. The smallest absolute Gasteiger partial charge is 0.0348 e. The van der Waals surface area contributed by atoms with Crippen molar-refractivity contribution < 1.29 is 0 Å². The molecule has 0 saturated heterocycles. The summed E-state index contributed by atoms with van der Waals surface area (Å²) in [6.07, 6.45) is 5.73. The molecular formula is C17H25N. The highest BCUT2D eigenvalue weighted by molar-refractivity contribution is 5.25. The first kappa shape index (κ1) is 12.2. The van der Waals surface area contributed by atoms with Crippen molar-refractivity contribution in [3.05, 3.63) is 35.4 Å². The fourth-order valence-electron chi connectivity index (χ4n) is 2.90. The first-order valence-electron chi connectivity index (χ1n) is 7.54. The van der Waals surface area contributed by atoms with Gasteiger partial charge in [0.1, 0.15) is 0 Å². The van der Waals surface area contributed by atoms with E-state index in [-0.39, 0.29) is 0 Å². The van der Waals surface area contributed by atoms with Gasteiger partial charge < -0.3 is 5.32 Å². The van der Waals surface area contributed by atoms with Crippen LogP contribution in [0.4, 0.5) is 0 Å². The summed E-state index contributed by atoms with van der Waals surface area (Å²) in [5, 5.41) is 3.84. The largest absolute Gasteiger partial charge is 0.309 e. The molecule has 1 nitrogen and oxygen atoms in total. The number of hydrogen-bond donors (Lipinski definition) is 1. The highest BCUT2D eigenvalue weighted by Crippen LogP contribution is 2.42. The van der Waals surface area contributed by atoms with Crippen LogP contribution in [0.2, 0.25) is 0 Å². The number of hydrogen-bond acceptors (Lipinski definition) is 1. The third kappa shape index (κ3) is 2.95. The Morgan fingerprint density at radius 1 is 1.06 bits per heavy atom. The van der Waals surface area contributed by atoms with Gasteiger partial charge in [-0.3, -0.25) is 0 Å². The predicted molar refractivity (Wildman–Crippen MR) is 76.5 cm³/mol. The summed E-state index contributed by atoms with van der Waals surface area (Å²) in [6, 6.07) is 9.72. The van der Waals surface area contributed by atoms with Crippen LogP contribution >= 0.6 is 0 Å². The lowest BCUT2D eigenvalue weighted by molar-refractivity contribution is 0.398. The van der Waals surface area contributed by atoms with E-state index in [1.54, 1.807) is 0 Å². The van der Waals surface area contributed by atoms with Crippen LogP contribution < -0.4 is 5.32 Å². The zero-order valence-corrected chi connectivity index (χ0v) is 11.7. The van der Waals surface area contributed by atoms with Gasteiger partial charge >= 0.3 is 0 Å². The molecule has 2 atom stereocenters. The first-order chi connectivity index (χ1) is 8.74. The molecule has 0 amide bonds. The quantitative estimate of drug-likeness (QED) is 0.793. The Kier molecular flexibility index (Phi) is 3.43. The molecule has 0 aromatic heterocycles. The summed E-state index contributed by atoms with van der Waals surface area (Å²) in [6.45, 7) is 5.77. The summed E-state index contributed by atoms with van der Waals surface area (Å²) in [4.78, 5) is 0. The maximum atomic E-state index is 3.84. The van der Waals surface area contributed by atoms with Crippen molar-refractivity contribution in [2.75, 3.05) is 6.54 Å². The molecule has 98 valence electrons. The summed E-state index contributed by atoms with van der Waals surface area (Å²) >= 11 is 0. The van der Waals surface area contributed by atoms with Gasteiger partial charge in [-0.05, 0) is 62.5 Å². The molecule has 1 N–H and O–H groups in total. The Bertz CT molecular complexity index is 387. The van der Waals surface area contributed by atoms with E-state index >= 15 is 0 Å². The SMILES string of the molecule is Cc1ccc(C(NCC(C)C2CC2)C2CC2)cc1. The number of nitrogens with one attached hydrogen (secondary N) is 1. The van der Waals surface area contributed by atoms with E-state index in [2.05, 4.69) is 43.4 Å². The number of benzene rings is 1. The second kappa shape index (κ2) is 5.05. The fraction of sp³-hybridized carbons (Fsp3) is 0.647. The highest BCUT2D eigenvalue weighted by Gasteiger charge is 2.33. The van der Waals surface area contributed by atoms with Crippen molar-refractivity contribution in [1.82, 2.24) is 5.32 Å². The van der Waals surface area contributed by atoms with Gasteiger partial charge in [-0.25, -0.2) is 0 Å². The van der Waals surface area contributed by atoms with Gasteiger partial charge in [-0.1, -0.05) is 36.8 Å². The summed E-state index contributed by atoms with van der Waals surface area (Å²) in [7, 11) is 0. The molecule has 1 heteroatoms. The molecule has 2 fully saturated rings. The van der Waals surface area contributed by atoms with E-state index in [0.29, 0.717) is 6.04 Å². The minimum atomic E-state index is 0.604. The van der Waals surface area contributed by atoms with E-state index in [1.165, 1.54) is 43.4 Å². The van der Waals surface area contributed by atoms with E-state index in [4.69, 9.17) is 0 Å². The molecule has 0 bridgehead atoms. The van der Waals surface area contributed by atoms with Crippen LogP contribution in [0.3, 0.4) is 0 Å². The van der Waals surface area contributed by atoms with Crippen LogP contribution in [-0.2, 0) is 0 Å². The lowest BCUT2D eigenvalue weighted by atomic mass is 9.99. The molecule has 0 heterocycles. The monoisotopic (exact) mass is 243 g/mol. The van der Waals surface area contributed by atoms with Crippen LogP contribution in [0.25, 0.3) is 0 Å². The van der Waals surface area contributed by atoms with Crippen LogP contribution in [0.15, 0.2) is 24.3 Å². The zero-order chi connectivity index (χ0) is 12.5. The molecule has 2 unspecified atom stereocenters. The van der Waals surface area contributed by atoms with E-state index in [1.807, 2.05) is 0 Å². The van der Waals surface area contributed by atoms with Crippen LogP contribution in [0.1, 0.15) is 49.8 Å². The van der Waals surface area contributed by atoms with Gasteiger partial charge in [0, 0.05) is 6.04 Å². The van der Waals surface area contributed by atoms with Crippen LogP contribution in [0, 0.1) is 24.7 Å². The fourth-order valence-corrected chi connectivity index (χ4v) is 2.90. The van der Waals surface area contributed by atoms with Gasteiger partial charge in [0.15, 0.2) is 0 Å². The summed E-state index contributed by atoms with van der Waals surface area (Å²) in [5.41, 5.74) is 2.85. The average Bonchev–Trinajstić information content (AvgIpc) is 3.24. The van der Waals surface area contributed by atoms with E-state index in [9.17, 15) is 0 Å². The molecule has 1 aromatic carbocycles. The molecule has 2 aliphatic carbocycles. The second-order valence-electron chi connectivity index (χ2n) is 6.45. The molecule has 2 saturated carbocycles. The average molecular weight is 243 g/mol. The maximum absolute atomic E-state index is 3.84. The molecule has 0 spiro atoms. The number of rotatable bonds is 6. The van der Waals surface area contributed by atoms with Crippen molar-refractivity contribution in [3.63, 3.8) is 0 Å². The van der Waals surface area contributed by atoms with Gasteiger partial charge in [-0.2, -0.15) is 0 Å². The molecular weight excluding hydrogens is 218 g/mol. The topological polar surface area (TPSA) is 12.0 Å².